The molecule has 0 aliphatic heterocycles. The van der Waals surface area contributed by atoms with Gasteiger partial charge in [0.2, 0.25) is 0 Å². The van der Waals surface area contributed by atoms with Gasteiger partial charge in [0.15, 0.2) is 0 Å². The predicted molar refractivity (Wildman–Crippen MR) is 55.4 cm³/mol. The summed E-state index contributed by atoms with van der Waals surface area (Å²) >= 11 is 0. The van der Waals surface area contributed by atoms with Crippen LogP contribution in [0.2, 0.25) is 0 Å². The number of nitrogens with two attached hydrogens (primary N) is 1. The van der Waals surface area contributed by atoms with Gasteiger partial charge in [0.1, 0.15) is 0 Å². The Kier molecular flexibility index (Phi) is 11.2. The van der Waals surface area contributed by atoms with Crippen LogP contribution < -0.4 is 11.2 Å². The van der Waals surface area contributed by atoms with Gasteiger partial charge in [-0.25, -0.2) is 5.90 Å². The number of amides is 1. The quantitative estimate of drug-likeness (QED) is 0.461. The Labute approximate surface area is 88.3 Å². The number of aromatic nitrogens is 1. The Morgan fingerprint density at radius 3 is 2.73 bits per heavy atom. The minimum Gasteiger partial charge on any atom is -0.412 e. The van der Waals surface area contributed by atoms with Crippen molar-refractivity contribution in [2.24, 2.45) is 5.90 Å². The lowest BCUT2D eigenvalue weighted by molar-refractivity contribution is 0.0944. The zero-order valence-electron chi connectivity index (χ0n) is 8.05. The Morgan fingerprint density at radius 2 is 2.27 bits per heavy atom. The SMILES string of the molecule is NO.O.O=C(NCCO)c1cccnc1.[HH]. The van der Waals surface area contributed by atoms with Gasteiger partial charge in [-0.1, -0.05) is 0 Å². The number of rotatable bonds is 3. The predicted octanol–water partition coefficient (Wildman–Crippen LogP) is -1.44. The van der Waals surface area contributed by atoms with Crippen molar-refractivity contribution >= 4 is 5.91 Å². The Hall–Kier alpha value is -1.54. The Balaban J connectivity index is -0.000000399. The van der Waals surface area contributed by atoms with E-state index in [2.05, 4.69) is 16.2 Å². The molecule has 0 aromatic carbocycles. The normalized spacial score (nSPS) is 7.93. The van der Waals surface area contributed by atoms with Crippen LogP contribution in [0.15, 0.2) is 24.5 Å². The van der Waals surface area contributed by atoms with Crippen LogP contribution in [-0.4, -0.2) is 39.8 Å². The van der Waals surface area contributed by atoms with Gasteiger partial charge in [0.05, 0.1) is 12.2 Å². The lowest BCUT2D eigenvalue weighted by Crippen LogP contribution is -2.26. The van der Waals surface area contributed by atoms with Crippen LogP contribution in [0.4, 0.5) is 0 Å². The van der Waals surface area contributed by atoms with Gasteiger partial charge in [-0.15, -0.1) is 0 Å². The van der Waals surface area contributed by atoms with Gasteiger partial charge in [-0.2, -0.15) is 0 Å². The van der Waals surface area contributed by atoms with Gasteiger partial charge in [-0.3, -0.25) is 9.78 Å². The highest BCUT2D eigenvalue weighted by Gasteiger charge is 2.01. The van der Waals surface area contributed by atoms with Crippen molar-refractivity contribution in [2.75, 3.05) is 13.2 Å². The smallest absolute Gasteiger partial charge is 0.252 e. The largest absolute Gasteiger partial charge is 0.412 e. The highest BCUT2D eigenvalue weighted by atomic mass is 16.4. The first-order chi connectivity index (χ1) is 6.84. The highest BCUT2D eigenvalue weighted by molar-refractivity contribution is 5.93. The second-order valence-corrected chi connectivity index (χ2v) is 2.22. The fourth-order valence-corrected chi connectivity index (χ4v) is 0.769. The number of pyridine rings is 1. The molecule has 0 bridgehead atoms. The molecule has 0 fully saturated rings. The van der Waals surface area contributed by atoms with Crippen LogP contribution in [0.25, 0.3) is 0 Å². The molecule has 0 saturated carbocycles. The summed E-state index contributed by atoms with van der Waals surface area (Å²) in [6, 6.07) is 3.35. The van der Waals surface area contributed by atoms with Crippen molar-refractivity contribution in [1.82, 2.24) is 10.3 Å². The van der Waals surface area contributed by atoms with E-state index in [0.29, 0.717) is 5.56 Å². The summed E-state index contributed by atoms with van der Waals surface area (Å²) < 4.78 is 0. The minimum atomic E-state index is -0.211. The van der Waals surface area contributed by atoms with Gasteiger partial charge >= 0.3 is 0 Å². The lowest BCUT2D eigenvalue weighted by Gasteiger charge is -2.00. The molecular formula is C8H17N3O4. The Bertz CT molecular complexity index is 261. The average Bonchev–Trinajstić information content (AvgIpc) is 2.30. The number of aliphatic hydroxyl groups excluding tert-OH is 1. The summed E-state index contributed by atoms with van der Waals surface area (Å²) in [6.07, 6.45) is 3.08. The molecule has 0 atom stereocenters. The molecule has 1 amide bonds. The molecule has 0 radical (unpaired) electrons. The van der Waals surface area contributed by atoms with E-state index in [1.54, 1.807) is 18.3 Å². The first-order valence-corrected chi connectivity index (χ1v) is 3.89. The van der Waals surface area contributed by atoms with Crippen molar-refractivity contribution in [2.45, 2.75) is 0 Å². The lowest BCUT2D eigenvalue weighted by atomic mass is 10.3. The summed E-state index contributed by atoms with van der Waals surface area (Å²) in [4.78, 5) is 14.9. The van der Waals surface area contributed by atoms with E-state index >= 15 is 0 Å². The van der Waals surface area contributed by atoms with Crippen molar-refractivity contribution in [3.63, 3.8) is 0 Å². The number of carbonyl (C=O) groups is 1. The van der Waals surface area contributed by atoms with Gasteiger partial charge in [0.25, 0.3) is 5.91 Å². The van der Waals surface area contributed by atoms with Gasteiger partial charge < -0.3 is 21.1 Å². The number of carbonyl (C=O) groups excluding carboxylic acids is 1. The zero-order valence-corrected chi connectivity index (χ0v) is 8.05. The van der Waals surface area contributed by atoms with Gasteiger partial charge in [0, 0.05) is 20.4 Å². The standard InChI is InChI=1S/C8H10N2O2.H3NO.H2O.H2/c11-5-4-10-8(12)7-2-1-3-9-6-7;1-2;;/h1-3,6,11H,4-5H2,(H,10,12);2H,1H2;1H2;1H. The molecule has 1 rings (SSSR count). The fraction of sp³-hybridized carbons (Fsp3) is 0.250. The zero-order chi connectivity index (χ0) is 10.8. The third-order valence-electron chi connectivity index (χ3n) is 1.32. The molecule has 88 valence electrons. The number of hydrogen-bond donors (Lipinski definition) is 4. The van der Waals surface area contributed by atoms with Crippen LogP contribution in [0, 0.1) is 0 Å². The molecule has 0 aliphatic rings. The van der Waals surface area contributed by atoms with Crippen LogP contribution >= 0.6 is 0 Å². The molecule has 0 spiro atoms. The summed E-state index contributed by atoms with van der Waals surface area (Å²) in [6.45, 7) is 0.222. The van der Waals surface area contributed by atoms with Crippen molar-refractivity contribution in [1.29, 1.82) is 0 Å². The molecule has 15 heavy (non-hydrogen) atoms. The first kappa shape index (κ1) is 15.9. The van der Waals surface area contributed by atoms with E-state index in [1.807, 2.05) is 0 Å². The first-order valence-electron chi connectivity index (χ1n) is 3.89. The topological polar surface area (TPSA) is 140 Å². The third kappa shape index (κ3) is 6.52. The molecular weight excluding hydrogens is 202 g/mol. The van der Waals surface area contributed by atoms with E-state index in [4.69, 9.17) is 10.3 Å². The maximum absolute atomic E-state index is 11.1. The molecule has 7 N–H and O–H groups in total. The van der Waals surface area contributed by atoms with Crippen LogP contribution in [0.1, 0.15) is 11.8 Å². The number of nitrogens with one attached hydrogen (secondary N) is 1. The molecule has 1 aromatic rings. The van der Waals surface area contributed by atoms with Gasteiger partial charge in [-0.05, 0) is 12.1 Å². The van der Waals surface area contributed by atoms with E-state index in [9.17, 15) is 4.79 Å². The van der Waals surface area contributed by atoms with Crippen LogP contribution in [0.3, 0.4) is 0 Å². The maximum Gasteiger partial charge on any atom is 0.252 e. The monoisotopic (exact) mass is 219 g/mol. The number of aliphatic hydroxyl groups is 1. The van der Waals surface area contributed by atoms with Crippen LogP contribution in [0.5, 0.6) is 0 Å². The maximum atomic E-state index is 11.1. The number of hydrogen-bond acceptors (Lipinski definition) is 5. The second-order valence-electron chi connectivity index (χ2n) is 2.22. The molecule has 1 heterocycles. The molecule has 7 nitrogen and oxygen atoms in total. The van der Waals surface area contributed by atoms with Crippen molar-refractivity contribution in [3.05, 3.63) is 30.1 Å². The average molecular weight is 219 g/mol. The summed E-state index contributed by atoms with van der Waals surface area (Å²) in [5.41, 5.74) is 0.506. The molecule has 7 heteroatoms. The van der Waals surface area contributed by atoms with Crippen LogP contribution in [-0.2, 0) is 0 Å². The summed E-state index contributed by atoms with van der Waals surface area (Å²) in [7, 11) is 0. The van der Waals surface area contributed by atoms with Crippen molar-refractivity contribution < 1.29 is 22.0 Å². The number of nitrogens with zero attached hydrogens (tertiary/aromatic N) is 1. The van der Waals surface area contributed by atoms with E-state index < -0.39 is 0 Å². The molecule has 0 unspecified atom stereocenters. The van der Waals surface area contributed by atoms with E-state index in [-0.39, 0.29) is 26.0 Å². The Morgan fingerprint density at radius 1 is 1.60 bits per heavy atom. The van der Waals surface area contributed by atoms with E-state index in [0.717, 1.165) is 0 Å². The second kappa shape index (κ2) is 10.5. The molecule has 0 aliphatic carbocycles. The summed E-state index contributed by atoms with van der Waals surface area (Å²) in [5.74, 6) is 3.29. The third-order valence-corrected chi connectivity index (χ3v) is 1.32. The highest BCUT2D eigenvalue weighted by Crippen LogP contribution is 1.93. The molecule has 0 saturated heterocycles. The summed E-state index contributed by atoms with van der Waals surface area (Å²) in [5, 5.41) is 17.5. The molecule has 1 aromatic heterocycles. The fourth-order valence-electron chi connectivity index (χ4n) is 0.769. The van der Waals surface area contributed by atoms with E-state index in [1.165, 1.54) is 6.20 Å². The van der Waals surface area contributed by atoms with Crippen molar-refractivity contribution in [3.8, 4) is 0 Å². The minimum absolute atomic E-state index is 0.